The van der Waals surface area contributed by atoms with E-state index in [4.69, 9.17) is 5.26 Å². The maximum Gasteiger partial charge on any atom is 0.0991 e. The van der Waals surface area contributed by atoms with Crippen LogP contribution in [0.3, 0.4) is 0 Å². The van der Waals surface area contributed by atoms with Crippen molar-refractivity contribution in [3.8, 4) is 6.07 Å². The first-order valence-corrected chi connectivity index (χ1v) is 8.38. The quantitative estimate of drug-likeness (QED) is 0.645. The van der Waals surface area contributed by atoms with Gasteiger partial charge in [-0.1, -0.05) is 78.5 Å². The summed E-state index contributed by atoms with van der Waals surface area (Å²) in [4.78, 5) is 0. The third kappa shape index (κ3) is 3.95. The van der Waals surface area contributed by atoms with Gasteiger partial charge in [0, 0.05) is 0 Å². The van der Waals surface area contributed by atoms with E-state index in [-0.39, 0.29) is 10.8 Å². The van der Waals surface area contributed by atoms with Crippen molar-refractivity contribution in [2.45, 2.75) is 52.4 Å². The lowest BCUT2D eigenvalue weighted by atomic mass is 9.78. The third-order valence-corrected chi connectivity index (χ3v) is 4.38. The van der Waals surface area contributed by atoms with E-state index in [1.165, 1.54) is 11.1 Å². The predicted molar refractivity (Wildman–Crippen MR) is 103 cm³/mol. The number of nitrogens with zero attached hydrogens (tertiary/aromatic N) is 1. The molecule has 2 aromatic rings. The Hall–Kier alpha value is -2.33. The summed E-state index contributed by atoms with van der Waals surface area (Å²) in [5, 5.41) is 8.96. The van der Waals surface area contributed by atoms with Crippen LogP contribution in [0.25, 0.3) is 5.57 Å². The molecule has 0 spiro atoms. The number of rotatable bonds is 2. The van der Waals surface area contributed by atoms with Crippen molar-refractivity contribution in [1.82, 2.24) is 0 Å². The molecule has 0 aromatic heterocycles. The average Bonchev–Trinajstić information content (AvgIpc) is 2.52. The van der Waals surface area contributed by atoms with Gasteiger partial charge in [-0.2, -0.15) is 5.26 Å². The molecule has 0 N–H and O–H groups in total. The molecule has 0 aliphatic rings. The van der Waals surface area contributed by atoms with Crippen molar-refractivity contribution in [2.24, 2.45) is 0 Å². The van der Waals surface area contributed by atoms with Gasteiger partial charge in [0.25, 0.3) is 0 Å². The monoisotopic (exact) mass is 317 g/mol. The summed E-state index contributed by atoms with van der Waals surface area (Å²) in [6.07, 6.45) is 0. The van der Waals surface area contributed by atoms with Gasteiger partial charge in [-0.05, 0) is 50.8 Å². The number of hydrogen-bond acceptors (Lipinski definition) is 1. The lowest BCUT2D eigenvalue weighted by Gasteiger charge is -2.26. The van der Waals surface area contributed by atoms with Crippen LogP contribution in [0.5, 0.6) is 0 Å². The summed E-state index contributed by atoms with van der Waals surface area (Å²) in [6.45, 7) is 17.7. The third-order valence-electron chi connectivity index (χ3n) is 4.38. The average molecular weight is 317 g/mol. The SMILES string of the molecule is C=C(c1ccc(C#N)cc1)c1cc(C(C)(C)C)cc(C(C)(C)C)c1. The van der Waals surface area contributed by atoms with Gasteiger partial charge in [0.15, 0.2) is 0 Å². The summed E-state index contributed by atoms with van der Waals surface area (Å²) in [5.74, 6) is 0. The number of hydrogen-bond donors (Lipinski definition) is 0. The molecule has 0 amide bonds. The molecule has 124 valence electrons. The zero-order chi connectivity index (χ0) is 18.1. The Morgan fingerprint density at radius 3 is 1.62 bits per heavy atom. The standard InChI is InChI=1S/C23H27N/c1-16(18-10-8-17(15-24)9-11-18)19-12-20(22(2,3)4)14-21(13-19)23(5,6)7/h8-14H,1H2,2-7H3. The highest BCUT2D eigenvalue weighted by Crippen LogP contribution is 2.33. The van der Waals surface area contributed by atoms with Gasteiger partial charge < -0.3 is 0 Å². The Kier molecular flexibility index (Phi) is 4.72. The van der Waals surface area contributed by atoms with Crippen molar-refractivity contribution in [3.05, 3.63) is 76.9 Å². The van der Waals surface area contributed by atoms with Crippen LogP contribution in [0, 0.1) is 11.3 Å². The Labute approximate surface area is 146 Å². The highest BCUT2D eigenvalue weighted by Gasteiger charge is 2.21. The molecular weight excluding hydrogens is 290 g/mol. The fraction of sp³-hybridized carbons (Fsp3) is 0.348. The summed E-state index contributed by atoms with van der Waals surface area (Å²) in [6, 6.07) is 16.6. The maximum atomic E-state index is 8.96. The van der Waals surface area contributed by atoms with Crippen LogP contribution in [0.1, 0.15) is 69.4 Å². The Morgan fingerprint density at radius 2 is 1.25 bits per heavy atom. The van der Waals surface area contributed by atoms with Gasteiger partial charge in [0.1, 0.15) is 0 Å². The molecule has 0 aliphatic carbocycles. The minimum atomic E-state index is 0.0843. The zero-order valence-electron chi connectivity index (χ0n) is 15.7. The molecule has 1 nitrogen and oxygen atoms in total. The van der Waals surface area contributed by atoms with Gasteiger partial charge in [0.2, 0.25) is 0 Å². The smallest absolute Gasteiger partial charge is 0.0991 e. The van der Waals surface area contributed by atoms with Crippen LogP contribution < -0.4 is 0 Å². The minimum Gasteiger partial charge on any atom is -0.192 e. The first kappa shape index (κ1) is 18.0. The lowest BCUT2D eigenvalue weighted by molar-refractivity contribution is 0.568. The summed E-state index contributed by atoms with van der Waals surface area (Å²) >= 11 is 0. The van der Waals surface area contributed by atoms with Crippen molar-refractivity contribution >= 4 is 5.57 Å². The first-order chi connectivity index (χ1) is 11.0. The van der Waals surface area contributed by atoms with Gasteiger partial charge in [-0.25, -0.2) is 0 Å². The maximum absolute atomic E-state index is 8.96. The van der Waals surface area contributed by atoms with E-state index in [1.54, 1.807) is 0 Å². The summed E-state index contributed by atoms with van der Waals surface area (Å²) in [5.41, 5.74) is 6.68. The molecule has 0 saturated carbocycles. The van der Waals surface area contributed by atoms with Crippen molar-refractivity contribution < 1.29 is 0 Å². The zero-order valence-corrected chi connectivity index (χ0v) is 15.7. The lowest BCUT2D eigenvalue weighted by Crippen LogP contribution is -2.17. The molecule has 0 aliphatic heterocycles. The first-order valence-electron chi connectivity index (χ1n) is 8.38. The minimum absolute atomic E-state index is 0.0843. The topological polar surface area (TPSA) is 23.8 Å². The van der Waals surface area contributed by atoms with E-state index in [9.17, 15) is 0 Å². The molecule has 1 heteroatoms. The van der Waals surface area contributed by atoms with E-state index in [0.29, 0.717) is 5.56 Å². The van der Waals surface area contributed by atoms with Crippen LogP contribution in [0.4, 0.5) is 0 Å². The second-order valence-corrected chi connectivity index (χ2v) is 8.47. The Bertz CT molecular complexity index is 756. The normalized spacial score (nSPS) is 11.9. The Morgan fingerprint density at radius 1 is 0.792 bits per heavy atom. The van der Waals surface area contributed by atoms with E-state index in [1.807, 2.05) is 24.3 Å². The van der Waals surface area contributed by atoms with Crippen LogP contribution in [-0.4, -0.2) is 0 Å². The van der Waals surface area contributed by atoms with Crippen molar-refractivity contribution in [3.63, 3.8) is 0 Å². The molecule has 0 saturated heterocycles. The van der Waals surface area contributed by atoms with E-state index >= 15 is 0 Å². The van der Waals surface area contributed by atoms with Crippen LogP contribution in [-0.2, 0) is 10.8 Å². The Balaban J connectivity index is 2.55. The van der Waals surface area contributed by atoms with E-state index in [0.717, 1.165) is 16.7 Å². The largest absolute Gasteiger partial charge is 0.192 e. The fourth-order valence-electron chi connectivity index (χ4n) is 2.58. The summed E-state index contributed by atoms with van der Waals surface area (Å²) < 4.78 is 0. The van der Waals surface area contributed by atoms with Crippen molar-refractivity contribution in [1.29, 1.82) is 5.26 Å². The van der Waals surface area contributed by atoms with E-state index in [2.05, 4.69) is 72.4 Å². The highest BCUT2D eigenvalue weighted by atomic mass is 14.3. The molecule has 24 heavy (non-hydrogen) atoms. The molecule has 0 atom stereocenters. The molecule has 2 aromatic carbocycles. The highest BCUT2D eigenvalue weighted by molar-refractivity contribution is 5.79. The van der Waals surface area contributed by atoms with Gasteiger partial charge >= 0.3 is 0 Å². The van der Waals surface area contributed by atoms with Crippen LogP contribution >= 0.6 is 0 Å². The molecule has 0 bridgehead atoms. The van der Waals surface area contributed by atoms with E-state index < -0.39 is 0 Å². The molecule has 0 fully saturated rings. The molecule has 0 radical (unpaired) electrons. The van der Waals surface area contributed by atoms with Gasteiger partial charge in [0.05, 0.1) is 11.6 Å². The number of nitriles is 1. The van der Waals surface area contributed by atoms with Crippen molar-refractivity contribution in [2.75, 3.05) is 0 Å². The predicted octanol–water partition coefficient (Wildman–Crippen LogP) is 6.21. The molecule has 0 unspecified atom stereocenters. The fourth-order valence-corrected chi connectivity index (χ4v) is 2.58. The van der Waals surface area contributed by atoms with Crippen LogP contribution in [0.15, 0.2) is 49.0 Å². The van der Waals surface area contributed by atoms with Gasteiger partial charge in [-0.15, -0.1) is 0 Å². The molecule has 0 heterocycles. The second-order valence-electron chi connectivity index (χ2n) is 8.47. The molecule has 2 rings (SSSR count). The van der Waals surface area contributed by atoms with Crippen LogP contribution in [0.2, 0.25) is 0 Å². The second kappa shape index (κ2) is 6.29. The number of benzene rings is 2. The van der Waals surface area contributed by atoms with Gasteiger partial charge in [-0.3, -0.25) is 0 Å². The summed E-state index contributed by atoms with van der Waals surface area (Å²) in [7, 11) is 0. The molecular formula is C23H27N.